The molecule has 2 rings (SSSR count). The van der Waals surface area contributed by atoms with Crippen molar-refractivity contribution in [2.45, 2.75) is 26.1 Å². The first-order valence-electron chi connectivity index (χ1n) is 6.12. The van der Waals surface area contributed by atoms with E-state index >= 15 is 0 Å². The molecular weight excluding hydrogens is 287 g/mol. The van der Waals surface area contributed by atoms with Crippen molar-refractivity contribution in [3.63, 3.8) is 0 Å². The van der Waals surface area contributed by atoms with Crippen molar-refractivity contribution in [2.24, 2.45) is 0 Å². The van der Waals surface area contributed by atoms with Crippen LogP contribution < -0.4 is 4.74 Å². The van der Waals surface area contributed by atoms with E-state index < -0.39 is 12.3 Å². The Morgan fingerprint density at radius 3 is 2.67 bits per heavy atom. The molecule has 0 spiro atoms. The fourth-order valence-corrected chi connectivity index (χ4v) is 2.00. The Morgan fingerprint density at radius 2 is 2.05 bits per heavy atom. The molecule has 0 unspecified atom stereocenters. The summed E-state index contributed by atoms with van der Waals surface area (Å²) in [6.45, 7) is 1.73. The summed E-state index contributed by atoms with van der Waals surface area (Å²) >= 11 is 0. The number of carboxylic acid groups (broad SMARTS) is 1. The molecule has 1 aromatic carbocycles. The topological polar surface area (TPSA) is 59.4 Å². The molecule has 0 saturated carbocycles. The number of ether oxygens (including phenoxy) is 1. The quantitative estimate of drug-likeness (QED) is 0.939. The zero-order valence-corrected chi connectivity index (χ0v) is 11.1. The number of aliphatic carboxylic acids is 1. The number of aryl methyl sites for hydroxylation is 2. The molecule has 1 heterocycles. The highest BCUT2D eigenvalue weighted by Gasteiger charge is 2.31. The van der Waals surface area contributed by atoms with Crippen molar-refractivity contribution < 1.29 is 27.8 Å². The lowest BCUT2D eigenvalue weighted by molar-refractivity contribution is -0.274. The predicted octanol–water partition coefficient (Wildman–Crippen LogP) is 3.46. The number of nitrogens with zero attached hydrogens (tertiary/aromatic N) is 1. The first-order valence-corrected chi connectivity index (χ1v) is 6.12. The summed E-state index contributed by atoms with van der Waals surface area (Å²) in [4.78, 5) is 14.8. The molecule has 2 aromatic rings. The van der Waals surface area contributed by atoms with Crippen LogP contribution in [0.1, 0.15) is 17.7 Å². The van der Waals surface area contributed by atoms with E-state index in [1.54, 1.807) is 13.0 Å². The molecule has 0 aliphatic rings. The number of rotatable bonds is 4. The van der Waals surface area contributed by atoms with E-state index in [0.29, 0.717) is 22.2 Å². The number of hydrogen-bond acceptors (Lipinski definition) is 3. The summed E-state index contributed by atoms with van der Waals surface area (Å²) in [5.41, 5.74) is 1.81. The van der Waals surface area contributed by atoms with Crippen LogP contribution >= 0.6 is 0 Å². The number of carboxylic acids is 1. The molecule has 0 fully saturated rings. The second kappa shape index (κ2) is 5.59. The number of alkyl halides is 3. The third-order valence-corrected chi connectivity index (χ3v) is 2.87. The fourth-order valence-electron chi connectivity index (χ4n) is 2.00. The van der Waals surface area contributed by atoms with E-state index in [4.69, 9.17) is 5.11 Å². The summed E-state index contributed by atoms with van der Waals surface area (Å²) in [5.74, 6) is -1.23. The van der Waals surface area contributed by atoms with E-state index in [-0.39, 0.29) is 18.6 Å². The van der Waals surface area contributed by atoms with Crippen LogP contribution in [0.15, 0.2) is 24.3 Å². The predicted molar refractivity (Wildman–Crippen MR) is 69.1 cm³/mol. The standard InChI is InChI=1S/C14H12F3NO3/c1-8-6-9(2-5-13(19)20)18-12-4-3-10(7-11(8)12)21-14(15,16)17/h3-4,6-7H,2,5H2,1H3,(H,19,20). The van der Waals surface area contributed by atoms with Crippen molar-refractivity contribution >= 4 is 16.9 Å². The molecule has 7 heteroatoms. The Bertz CT molecular complexity index is 683. The zero-order chi connectivity index (χ0) is 15.6. The minimum absolute atomic E-state index is 0.0484. The maximum Gasteiger partial charge on any atom is 0.573 e. The molecular formula is C14H12F3NO3. The van der Waals surface area contributed by atoms with Crippen LogP contribution in [0.25, 0.3) is 10.9 Å². The van der Waals surface area contributed by atoms with Gasteiger partial charge in [-0.25, -0.2) is 0 Å². The fraction of sp³-hybridized carbons (Fsp3) is 0.286. The number of benzene rings is 1. The van der Waals surface area contributed by atoms with Crippen LogP contribution in [0.3, 0.4) is 0 Å². The van der Waals surface area contributed by atoms with Gasteiger partial charge in [-0.15, -0.1) is 13.2 Å². The molecule has 0 saturated heterocycles. The summed E-state index contributed by atoms with van der Waals surface area (Å²) in [7, 11) is 0. The van der Waals surface area contributed by atoms with Crippen LogP contribution in [0.4, 0.5) is 13.2 Å². The lowest BCUT2D eigenvalue weighted by atomic mass is 10.1. The van der Waals surface area contributed by atoms with Gasteiger partial charge in [-0.3, -0.25) is 9.78 Å². The van der Waals surface area contributed by atoms with Crippen molar-refractivity contribution in [3.8, 4) is 5.75 Å². The maximum absolute atomic E-state index is 12.2. The van der Waals surface area contributed by atoms with Gasteiger partial charge in [-0.05, 0) is 36.8 Å². The van der Waals surface area contributed by atoms with Gasteiger partial charge >= 0.3 is 12.3 Å². The zero-order valence-electron chi connectivity index (χ0n) is 11.1. The number of fused-ring (bicyclic) bond motifs is 1. The van der Waals surface area contributed by atoms with Crippen molar-refractivity contribution in [1.29, 1.82) is 0 Å². The van der Waals surface area contributed by atoms with Crippen molar-refractivity contribution in [3.05, 3.63) is 35.5 Å². The monoisotopic (exact) mass is 299 g/mol. The molecule has 1 N–H and O–H groups in total. The Labute approximate surface area is 118 Å². The molecule has 112 valence electrons. The highest BCUT2D eigenvalue weighted by molar-refractivity contribution is 5.83. The van der Waals surface area contributed by atoms with Gasteiger partial charge in [0.2, 0.25) is 0 Å². The van der Waals surface area contributed by atoms with Crippen molar-refractivity contribution in [1.82, 2.24) is 4.98 Å². The number of halogens is 3. The normalized spacial score (nSPS) is 11.6. The summed E-state index contributed by atoms with van der Waals surface area (Å²) in [6, 6.07) is 5.55. The second-order valence-electron chi connectivity index (χ2n) is 4.55. The van der Waals surface area contributed by atoms with Crippen LogP contribution in [-0.4, -0.2) is 22.4 Å². The van der Waals surface area contributed by atoms with E-state index in [1.807, 2.05) is 0 Å². The largest absolute Gasteiger partial charge is 0.573 e. The summed E-state index contributed by atoms with van der Waals surface area (Å²) in [5, 5.41) is 9.19. The summed E-state index contributed by atoms with van der Waals surface area (Å²) < 4.78 is 40.4. The average molecular weight is 299 g/mol. The van der Waals surface area contributed by atoms with E-state index in [9.17, 15) is 18.0 Å². The molecule has 0 amide bonds. The third kappa shape index (κ3) is 4.08. The summed E-state index contributed by atoms with van der Waals surface area (Å²) in [6.07, 6.45) is -4.52. The molecule has 1 aromatic heterocycles. The van der Waals surface area contributed by atoms with Gasteiger partial charge < -0.3 is 9.84 Å². The number of carbonyl (C=O) groups is 1. The third-order valence-electron chi connectivity index (χ3n) is 2.87. The minimum atomic E-state index is -4.74. The molecule has 0 aliphatic heterocycles. The van der Waals surface area contributed by atoms with Crippen LogP contribution in [0.5, 0.6) is 5.75 Å². The number of aromatic nitrogens is 1. The molecule has 0 atom stereocenters. The van der Waals surface area contributed by atoms with E-state index in [1.165, 1.54) is 18.2 Å². The van der Waals surface area contributed by atoms with E-state index in [0.717, 1.165) is 0 Å². The van der Waals surface area contributed by atoms with Gasteiger partial charge in [0, 0.05) is 17.5 Å². The van der Waals surface area contributed by atoms with Crippen LogP contribution in [0, 0.1) is 6.92 Å². The van der Waals surface area contributed by atoms with E-state index in [2.05, 4.69) is 9.72 Å². The van der Waals surface area contributed by atoms with Gasteiger partial charge in [-0.1, -0.05) is 0 Å². The highest BCUT2D eigenvalue weighted by atomic mass is 19.4. The minimum Gasteiger partial charge on any atom is -0.481 e. The average Bonchev–Trinajstić information content (AvgIpc) is 2.35. The SMILES string of the molecule is Cc1cc(CCC(=O)O)nc2ccc(OC(F)(F)F)cc12. The Kier molecular flexibility index (Phi) is 4.02. The van der Waals surface area contributed by atoms with Crippen LogP contribution in [-0.2, 0) is 11.2 Å². The number of pyridine rings is 1. The first kappa shape index (κ1) is 15.1. The Balaban J connectivity index is 2.34. The molecule has 21 heavy (non-hydrogen) atoms. The molecule has 0 bridgehead atoms. The van der Waals surface area contributed by atoms with Crippen molar-refractivity contribution in [2.75, 3.05) is 0 Å². The van der Waals surface area contributed by atoms with Crippen LogP contribution in [0.2, 0.25) is 0 Å². The van der Waals surface area contributed by atoms with Gasteiger partial charge in [0.05, 0.1) is 11.9 Å². The van der Waals surface area contributed by atoms with Gasteiger partial charge in [0.15, 0.2) is 0 Å². The Hall–Kier alpha value is -2.31. The number of hydrogen-bond donors (Lipinski definition) is 1. The highest BCUT2D eigenvalue weighted by Crippen LogP contribution is 2.27. The second-order valence-corrected chi connectivity index (χ2v) is 4.55. The lowest BCUT2D eigenvalue weighted by Gasteiger charge is -2.11. The maximum atomic E-state index is 12.2. The lowest BCUT2D eigenvalue weighted by Crippen LogP contribution is -2.17. The van der Waals surface area contributed by atoms with Gasteiger partial charge in [-0.2, -0.15) is 0 Å². The molecule has 4 nitrogen and oxygen atoms in total. The first-order chi connectivity index (χ1) is 9.74. The smallest absolute Gasteiger partial charge is 0.481 e. The molecule has 0 aliphatic carbocycles. The van der Waals surface area contributed by atoms with Gasteiger partial charge in [0.1, 0.15) is 5.75 Å². The van der Waals surface area contributed by atoms with Gasteiger partial charge in [0.25, 0.3) is 0 Å². The molecule has 0 radical (unpaired) electrons. The Morgan fingerprint density at radius 1 is 1.33 bits per heavy atom.